The smallest absolute Gasteiger partial charge is 0.124 e. The lowest BCUT2D eigenvalue weighted by Crippen LogP contribution is -2.04. The van der Waals surface area contributed by atoms with Crippen LogP contribution in [-0.2, 0) is 11.2 Å². The maximum absolute atomic E-state index is 10.9. The summed E-state index contributed by atoms with van der Waals surface area (Å²) in [5.74, 6) is 1.58. The lowest BCUT2D eigenvalue weighted by atomic mass is 9.87. The second-order valence-corrected chi connectivity index (χ2v) is 5.59. The fraction of sp³-hybridized carbons (Fsp3) is 0.500. The number of hydrogen-bond acceptors (Lipinski definition) is 2. The predicted octanol–water partition coefficient (Wildman–Crippen LogP) is 3.55. The zero-order valence-corrected chi connectivity index (χ0v) is 11.2. The highest BCUT2D eigenvalue weighted by Crippen LogP contribution is 2.49. The van der Waals surface area contributed by atoms with Gasteiger partial charge in [-0.05, 0) is 53.0 Å². The zero-order valence-electron chi connectivity index (χ0n) is 11.2. The van der Waals surface area contributed by atoms with Crippen molar-refractivity contribution in [3.05, 3.63) is 34.4 Å². The van der Waals surface area contributed by atoms with Crippen molar-refractivity contribution in [3.8, 4) is 6.07 Å². The van der Waals surface area contributed by atoms with E-state index >= 15 is 0 Å². The molecule has 0 amide bonds. The van der Waals surface area contributed by atoms with E-state index in [-0.39, 0.29) is 0 Å². The molecule has 1 aromatic carbocycles. The van der Waals surface area contributed by atoms with Crippen LogP contribution in [0.15, 0.2) is 12.1 Å². The van der Waals surface area contributed by atoms with Crippen LogP contribution in [0.3, 0.4) is 0 Å². The van der Waals surface area contributed by atoms with E-state index in [2.05, 4.69) is 26.8 Å². The van der Waals surface area contributed by atoms with Crippen molar-refractivity contribution in [2.75, 3.05) is 0 Å². The van der Waals surface area contributed by atoms with Gasteiger partial charge in [-0.3, -0.25) is 0 Å². The molecule has 2 unspecified atom stereocenters. The number of nitrogens with zero attached hydrogens (tertiary/aromatic N) is 1. The van der Waals surface area contributed by atoms with Crippen molar-refractivity contribution in [2.45, 2.75) is 45.4 Å². The Morgan fingerprint density at radius 2 is 2.17 bits per heavy atom. The van der Waals surface area contributed by atoms with Gasteiger partial charge in [0.05, 0.1) is 11.6 Å². The summed E-state index contributed by atoms with van der Waals surface area (Å²) >= 11 is 0. The van der Waals surface area contributed by atoms with Crippen LogP contribution in [0.1, 0.15) is 61.3 Å². The van der Waals surface area contributed by atoms with Crippen LogP contribution < -0.4 is 0 Å². The summed E-state index contributed by atoms with van der Waals surface area (Å²) in [5.41, 5.74) is 4.28. The second-order valence-electron chi connectivity index (χ2n) is 5.59. The predicted molar refractivity (Wildman–Crippen MR) is 71.5 cm³/mol. The topological polar surface area (TPSA) is 40.9 Å². The third-order valence-corrected chi connectivity index (χ3v) is 3.87. The molecule has 2 rings (SSSR count). The minimum absolute atomic E-state index is 0.348. The van der Waals surface area contributed by atoms with Gasteiger partial charge in [0.15, 0.2) is 0 Å². The van der Waals surface area contributed by atoms with E-state index < -0.39 is 0 Å². The molecule has 0 N–H and O–H groups in total. The zero-order chi connectivity index (χ0) is 13.3. The first-order chi connectivity index (χ1) is 8.58. The SMILES string of the molecule is CC(C)c1cc(C#N)cc(C2CC2C)c1CC=O. The third-order valence-electron chi connectivity index (χ3n) is 3.87. The van der Waals surface area contributed by atoms with Gasteiger partial charge in [0.1, 0.15) is 6.29 Å². The number of rotatable bonds is 4. The van der Waals surface area contributed by atoms with Gasteiger partial charge in [-0.2, -0.15) is 5.26 Å². The number of carbonyl (C=O) groups is 1. The number of nitriles is 1. The lowest BCUT2D eigenvalue weighted by molar-refractivity contribution is -0.107. The van der Waals surface area contributed by atoms with Gasteiger partial charge in [-0.25, -0.2) is 0 Å². The van der Waals surface area contributed by atoms with E-state index in [9.17, 15) is 4.79 Å². The van der Waals surface area contributed by atoms with E-state index in [1.807, 2.05) is 12.1 Å². The molecule has 1 aliphatic carbocycles. The van der Waals surface area contributed by atoms with Gasteiger partial charge >= 0.3 is 0 Å². The monoisotopic (exact) mass is 241 g/mol. The van der Waals surface area contributed by atoms with Gasteiger partial charge < -0.3 is 4.79 Å². The minimum atomic E-state index is 0.348. The third kappa shape index (κ3) is 2.31. The van der Waals surface area contributed by atoms with Crippen LogP contribution in [0.2, 0.25) is 0 Å². The van der Waals surface area contributed by atoms with Crippen molar-refractivity contribution >= 4 is 6.29 Å². The Morgan fingerprint density at radius 3 is 2.61 bits per heavy atom. The molecule has 1 saturated carbocycles. The Morgan fingerprint density at radius 1 is 1.50 bits per heavy atom. The Kier molecular flexibility index (Phi) is 3.52. The van der Waals surface area contributed by atoms with Gasteiger partial charge in [-0.1, -0.05) is 20.8 Å². The van der Waals surface area contributed by atoms with Crippen molar-refractivity contribution in [1.82, 2.24) is 0 Å². The molecular formula is C16H19NO. The molecule has 0 saturated heterocycles. The average Bonchev–Trinajstić information content (AvgIpc) is 3.06. The van der Waals surface area contributed by atoms with Crippen LogP contribution in [0.5, 0.6) is 0 Å². The molecule has 1 fully saturated rings. The first-order valence-electron chi connectivity index (χ1n) is 6.59. The highest BCUT2D eigenvalue weighted by molar-refractivity contribution is 5.60. The minimum Gasteiger partial charge on any atom is -0.303 e. The van der Waals surface area contributed by atoms with Crippen molar-refractivity contribution in [3.63, 3.8) is 0 Å². The fourth-order valence-corrected chi connectivity index (χ4v) is 2.70. The summed E-state index contributed by atoms with van der Waals surface area (Å²) in [6.07, 6.45) is 2.62. The van der Waals surface area contributed by atoms with Crippen LogP contribution in [-0.4, -0.2) is 6.29 Å². The van der Waals surface area contributed by atoms with Gasteiger partial charge in [-0.15, -0.1) is 0 Å². The van der Waals surface area contributed by atoms with E-state index in [1.54, 1.807) is 0 Å². The summed E-state index contributed by atoms with van der Waals surface area (Å²) in [5, 5.41) is 9.14. The molecule has 18 heavy (non-hydrogen) atoms. The highest BCUT2D eigenvalue weighted by atomic mass is 16.1. The maximum atomic E-state index is 10.9. The standard InChI is InChI=1S/C16H19NO/c1-10(2)14-7-12(9-17)8-16(13(14)4-5-18)15-6-11(15)3/h5,7-8,10-11,15H,4,6H2,1-3H3. The number of carbonyl (C=O) groups excluding carboxylic acids is 1. The molecule has 0 bridgehead atoms. The molecule has 2 nitrogen and oxygen atoms in total. The number of aldehydes is 1. The molecule has 1 aliphatic rings. The van der Waals surface area contributed by atoms with Crippen LogP contribution in [0, 0.1) is 17.2 Å². The van der Waals surface area contributed by atoms with E-state index in [4.69, 9.17) is 5.26 Å². The molecular weight excluding hydrogens is 222 g/mol. The molecule has 0 radical (unpaired) electrons. The van der Waals surface area contributed by atoms with Crippen molar-refractivity contribution in [2.24, 2.45) is 5.92 Å². The molecule has 0 heterocycles. The molecule has 1 aromatic rings. The highest BCUT2D eigenvalue weighted by Gasteiger charge is 2.36. The van der Waals surface area contributed by atoms with Crippen LogP contribution in [0.25, 0.3) is 0 Å². The average molecular weight is 241 g/mol. The van der Waals surface area contributed by atoms with Crippen molar-refractivity contribution in [1.29, 1.82) is 5.26 Å². The van der Waals surface area contributed by atoms with E-state index in [0.717, 1.165) is 23.0 Å². The Hall–Kier alpha value is -1.62. The first kappa shape index (κ1) is 12.8. The van der Waals surface area contributed by atoms with Gasteiger partial charge in [0, 0.05) is 6.42 Å². The van der Waals surface area contributed by atoms with Crippen LogP contribution >= 0.6 is 0 Å². The quantitative estimate of drug-likeness (QED) is 0.756. The summed E-state index contributed by atoms with van der Waals surface area (Å²) < 4.78 is 0. The summed E-state index contributed by atoms with van der Waals surface area (Å²) in [6.45, 7) is 6.46. The number of hydrogen-bond donors (Lipinski definition) is 0. The second kappa shape index (κ2) is 4.94. The molecule has 0 aliphatic heterocycles. The Balaban J connectivity index is 2.57. The number of benzene rings is 1. The van der Waals surface area contributed by atoms with Crippen molar-refractivity contribution < 1.29 is 4.79 Å². The van der Waals surface area contributed by atoms with Gasteiger partial charge in [0.2, 0.25) is 0 Å². The molecule has 94 valence electrons. The lowest BCUT2D eigenvalue weighted by Gasteiger charge is -2.16. The molecule has 0 aromatic heterocycles. The summed E-state index contributed by atoms with van der Waals surface area (Å²) in [7, 11) is 0. The summed E-state index contributed by atoms with van der Waals surface area (Å²) in [4.78, 5) is 10.9. The van der Waals surface area contributed by atoms with Crippen LogP contribution in [0.4, 0.5) is 0 Å². The van der Waals surface area contributed by atoms with Gasteiger partial charge in [0.25, 0.3) is 0 Å². The Labute approximate surface area is 109 Å². The van der Waals surface area contributed by atoms with E-state index in [0.29, 0.717) is 24.2 Å². The fourth-order valence-electron chi connectivity index (χ4n) is 2.70. The Bertz CT molecular complexity index is 511. The normalized spacial score (nSPS) is 21.7. The largest absolute Gasteiger partial charge is 0.303 e. The summed E-state index contributed by atoms with van der Waals surface area (Å²) in [6, 6.07) is 6.17. The molecule has 2 heteroatoms. The molecule has 2 atom stereocenters. The molecule has 0 spiro atoms. The first-order valence-corrected chi connectivity index (χ1v) is 6.59. The van der Waals surface area contributed by atoms with E-state index in [1.165, 1.54) is 12.0 Å². The maximum Gasteiger partial charge on any atom is 0.124 e.